The molecule has 1 aromatic rings. The van der Waals surface area contributed by atoms with Crippen molar-refractivity contribution < 1.29 is 7.65 Å². The number of anilines is 2. The first kappa shape index (κ1) is 21.1. The zero-order valence-electron chi connectivity index (χ0n) is 15.6. The van der Waals surface area contributed by atoms with E-state index < -0.39 is 6.04 Å². The molecule has 0 bridgehead atoms. The van der Waals surface area contributed by atoms with Crippen LogP contribution in [0.3, 0.4) is 0 Å². The van der Waals surface area contributed by atoms with E-state index in [0.717, 1.165) is 6.21 Å². The summed E-state index contributed by atoms with van der Waals surface area (Å²) < 4.78 is 0. The number of carbonyl (C=O) groups excluding carboxylic acids is 1. The molecule has 2 rings (SSSR count). The first-order valence-electron chi connectivity index (χ1n) is 7.97. The van der Waals surface area contributed by atoms with Gasteiger partial charge in [0, 0.05) is 38.8 Å². The molecule has 0 aliphatic carbocycles. The van der Waals surface area contributed by atoms with Crippen molar-refractivity contribution in [2.75, 3.05) is 18.1 Å². The second kappa shape index (κ2) is 7.98. The van der Waals surface area contributed by atoms with E-state index in [0.29, 0.717) is 28.2 Å². The molecule has 9 nitrogen and oxygen atoms in total. The van der Waals surface area contributed by atoms with Crippen molar-refractivity contribution in [2.24, 2.45) is 11.8 Å². The highest BCUT2D eigenvalue weighted by molar-refractivity contribution is 6.07. The van der Waals surface area contributed by atoms with Crippen molar-refractivity contribution in [2.45, 2.75) is 26.8 Å². The Morgan fingerprint density at radius 2 is 2.04 bits per heavy atom. The monoisotopic (exact) mass is 364 g/mol. The van der Waals surface area contributed by atoms with E-state index >= 15 is 0 Å². The van der Waals surface area contributed by atoms with Gasteiger partial charge in [0.2, 0.25) is 5.96 Å². The molecule has 0 saturated heterocycles. The normalized spacial score (nSPS) is 17.3. The number of nitrogens with one attached hydrogen (secondary N) is 3. The largest absolute Gasteiger partial charge is 0.398 e. The van der Waals surface area contributed by atoms with Gasteiger partial charge in [-0.2, -0.15) is 0 Å². The summed E-state index contributed by atoms with van der Waals surface area (Å²) in [4.78, 5) is 14.5. The topological polar surface area (TPSA) is 170 Å². The second-order valence-electron chi connectivity index (χ2n) is 6.42. The molecule has 1 aromatic carbocycles. The third-order valence-corrected chi connectivity index (χ3v) is 4.43. The van der Waals surface area contributed by atoms with Crippen LogP contribution in [0.25, 0.3) is 0 Å². The van der Waals surface area contributed by atoms with Gasteiger partial charge in [0.1, 0.15) is 0 Å². The van der Waals surface area contributed by atoms with E-state index in [2.05, 4.69) is 5.32 Å². The number of nitrogen functional groups attached to an aromatic ring is 1. The van der Waals surface area contributed by atoms with Crippen molar-refractivity contribution in [1.82, 2.24) is 16.1 Å². The van der Waals surface area contributed by atoms with Crippen LogP contribution in [0.4, 0.5) is 11.4 Å². The SMILES string of the molecule is CC1=C(C(=O)Nc2ccc(N)c(C=N)c2)C(C(C)C)N(N)C(=N)N1C.N.[HH].[HH]. The average molecular weight is 364 g/mol. The molecule has 1 amide bonds. The fourth-order valence-electron chi connectivity index (χ4n) is 2.93. The smallest absolute Gasteiger partial charge is 0.255 e. The van der Waals surface area contributed by atoms with Gasteiger partial charge in [0.05, 0.1) is 11.6 Å². The van der Waals surface area contributed by atoms with Gasteiger partial charge in [-0.15, -0.1) is 0 Å². The Morgan fingerprint density at radius 1 is 1.42 bits per heavy atom. The highest BCUT2D eigenvalue weighted by Gasteiger charge is 2.38. The van der Waals surface area contributed by atoms with Crippen LogP contribution in [0.5, 0.6) is 0 Å². The number of benzene rings is 1. The lowest BCUT2D eigenvalue weighted by atomic mass is 9.91. The molecule has 0 radical (unpaired) electrons. The van der Waals surface area contributed by atoms with Crippen LogP contribution >= 0.6 is 0 Å². The molecule has 10 N–H and O–H groups in total. The summed E-state index contributed by atoms with van der Waals surface area (Å²) in [7, 11) is 1.71. The molecule has 1 heterocycles. The van der Waals surface area contributed by atoms with E-state index in [9.17, 15) is 4.79 Å². The first-order chi connectivity index (χ1) is 11.7. The number of hydrazine groups is 1. The summed E-state index contributed by atoms with van der Waals surface area (Å²) in [5.74, 6) is 5.97. The summed E-state index contributed by atoms with van der Waals surface area (Å²) in [6, 6.07) is 4.58. The molecule has 9 heteroatoms. The van der Waals surface area contributed by atoms with E-state index in [1.165, 1.54) is 5.01 Å². The van der Waals surface area contributed by atoms with Crippen molar-refractivity contribution in [3.8, 4) is 0 Å². The molecule has 1 aliphatic heterocycles. The number of amides is 1. The molecular formula is C17H32N8O. The van der Waals surface area contributed by atoms with Crippen molar-refractivity contribution >= 4 is 29.5 Å². The number of nitrogens with zero attached hydrogens (tertiary/aromatic N) is 2. The van der Waals surface area contributed by atoms with E-state index in [4.69, 9.17) is 22.4 Å². The standard InChI is InChI=1S/C17H25N7O.H3N.2H2/c1-9(2)15-14(10(3)23(4)17(20)24(15)21)16(25)22-12-5-6-13(19)11(7-12)8-18;;;/h5-9,15,18,20H,19,21H2,1-4H3,(H,22,25);1H3;2*1H. The van der Waals surface area contributed by atoms with Gasteiger partial charge in [-0.3, -0.25) is 15.2 Å². The zero-order valence-corrected chi connectivity index (χ0v) is 15.6. The molecule has 146 valence electrons. The summed E-state index contributed by atoms with van der Waals surface area (Å²) in [6.07, 6.45) is 1.14. The Kier molecular flexibility index (Phi) is 6.49. The Labute approximate surface area is 156 Å². The summed E-state index contributed by atoms with van der Waals surface area (Å²) in [5.41, 5.74) is 8.54. The van der Waals surface area contributed by atoms with Gasteiger partial charge in [0.15, 0.2) is 0 Å². The Bertz CT molecular complexity index is 766. The molecule has 26 heavy (non-hydrogen) atoms. The number of hydrogen-bond donors (Lipinski definition) is 6. The third-order valence-electron chi connectivity index (χ3n) is 4.43. The first-order valence-corrected chi connectivity index (χ1v) is 7.97. The van der Waals surface area contributed by atoms with Crippen LogP contribution in [0.1, 0.15) is 29.2 Å². The number of hydrogen-bond acceptors (Lipinski definition) is 6. The molecule has 0 aromatic heterocycles. The van der Waals surface area contributed by atoms with Gasteiger partial charge < -0.3 is 27.5 Å². The van der Waals surface area contributed by atoms with Gasteiger partial charge in [0.25, 0.3) is 5.91 Å². The highest BCUT2D eigenvalue weighted by atomic mass is 16.1. The van der Waals surface area contributed by atoms with Gasteiger partial charge in [-0.25, -0.2) is 5.84 Å². The Morgan fingerprint density at radius 3 is 2.58 bits per heavy atom. The number of carbonyl (C=O) groups is 1. The summed E-state index contributed by atoms with van der Waals surface area (Å²) in [5, 5.41) is 19.6. The molecule has 1 atom stereocenters. The quantitative estimate of drug-likeness (QED) is 0.271. The van der Waals surface area contributed by atoms with Crippen LogP contribution in [0.15, 0.2) is 29.5 Å². The predicted octanol–water partition coefficient (Wildman–Crippen LogP) is 2.21. The lowest BCUT2D eigenvalue weighted by Crippen LogP contribution is -2.59. The van der Waals surface area contributed by atoms with Gasteiger partial charge in [-0.1, -0.05) is 13.8 Å². The van der Waals surface area contributed by atoms with Crippen molar-refractivity contribution in [3.05, 3.63) is 35.0 Å². The van der Waals surface area contributed by atoms with E-state index in [1.54, 1.807) is 37.1 Å². The van der Waals surface area contributed by atoms with Crippen LogP contribution in [0, 0.1) is 16.7 Å². The Balaban J connectivity index is 0. The van der Waals surface area contributed by atoms with Crippen LogP contribution in [-0.2, 0) is 4.79 Å². The van der Waals surface area contributed by atoms with Crippen LogP contribution < -0.4 is 23.0 Å². The highest BCUT2D eigenvalue weighted by Crippen LogP contribution is 2.28. The van der Waals surface area contributed by atoms with E-state index in [1.807, 2.05) is 13.8 Å². The number of nitrogens with two attached hydrogens (primary N) is 2. The lowest BCUT2D eigenvalue weighted by molar-refractivity contribution is -0.113. The summed E-state index contributed by atoms with van der Waals surface area (Å²) in [6.45, 7) is 5.72. The maximum atomic E-state index is 12.9. The molecule has 0 saturated carbocycles. The molecule has 0 fully saturated rings. The number of allylic oxidation sites excluding steroid dienone is 1. The molecular weight excluding hydrogens is 332 g/mol. The minimum Gasteiger partial charge on any atom is -0.398 e. The fraction of sp³-hybridized carbons (Fsp3) is 0.353. The maximum Gasteiger partial charge on any atom is 0.255 e. The lowest BCUT2D eigenvalue weighted by Gasteiger charge is -2.42. The minimum absolute atomic E-state index is 0. The minimum atomic E-state index is -0.403. The third kappa shape index (κ3) is 3.68. The number of guanidine groups is 1. The van der Waals surface area contributed by atoms with Crippen molar-refractivity contribution in [1.29, 1.82) is 10.8 Å². The second-order valence-corrected chi connectivity index (χ2v) is 6.42. The fourth-order valence-corrected chi connectivity index (χ4v) is 2.93. The summed E-state index contributed by atoms with van der Waals surface area (Å²) >= 11 is 0. The predicted molar refractivity (Wildman–Crippen MR) is 109 cm³/mol. The van der Waals surface area contributed by atoms with Gasteiger partial charge >= 0.3 is 0 Å². The number of rotatable bonds is 4. The molecule has 1 unspecified atom stereocenters. The van der Waals surface area contributed by atoms with Crippen LogP contribution in [0.2, 0.25) is 0 Å². The average Bonchev–Trinajstić information content (AvgIpc) is 2.57. The van der Waals surface area contributed by atoms with E-state index in [-0.39, 0.29) is 26.8 Å². The Hall–Kier alpha value is -2.91. The van der Waals surface area contributed by atoms with Gasteiger partial charge in [-0.05, 0) is 31.0 Å². The zero-order chi connectivity index (χ0) is 18.9. The maximum absolute atomic E-state index is 12.9. The molecule has 0 spiro atoms. The van der Waals surface area contributed by atoms with Crippen LogP contribution in [-0.4, -0.2) is 41.1 Å². The van der Waals surface area contributed by atoms with Crippen molar-refractivity contribution in [3.63, 3.8) is 0 Å². The molecule has 1 aliphatic rings.